The summed E-state index contributed by atoms with van der Waals surface area (Å²) in [6.45, 7) is 4.60. The lowest BCUT2D eigenvalue weighted by Gasteiger charge is -2.24. The maximum Gasteiger partial charge on any atom is 0.306 e. The van der Waals surface area contributed by atoms with Crippen LogP contribution >= 0.6 is 0 Å². The lowest BCUT2D eigenvalue weighted by molar-refractivity contribution is -0.141. The number of esters is 1. The SMILES string of the molecule is C#CCC(C)(C)Cc1cc(COc2cccc([C@@H](CC(=O)OC)C3CC3)c2)ccc1-c1cc(OC)ccc1F. The van der Waals surface area contributed by atoms with Crippen LogP contribution in [0.5, 0.6) is 11.5 Å². The third-order valence-corrected chi connectivity index (χ3v) is 7.38. The molecule has 39 heavy (non-hydrogen) atoms. The van der Waals surface area contributed by atoms with Crippen LogP contribution in [-0.2, 0) is 22.6 Å². The molecule has 204 valence electrons. The quantitative estimate of drug-likeness (QED) is 0.178. The average Bonchev–Trinajstić information content (AvgIpc) is 3.76. The van der Waals surface area contributed by atoms with Crippen molar-refractivity contribution < 1.29 is 23.4 Å². The second-order valence-electron chi connectivity index (χ2n) is 11.1. The molecule has 0 heterocycles. The van der Waals surface area contributed by atoms with Crippen LogP contribution in [-0.4, -0.2) is 20.2 Å². The Morgan fingerprint density at radius 2 is 1.85 bits per heavy atom. The lowest BCUT2D eigenvalue weighted by Crippen LogP contribution is -2.15. The van der Waals surface area contributed by atoms with Crippen molar-refractivity contribution >= 4 is 5.97 Å². The fourth-order valence-corrected chi connectivity index (χ4v) is 5.16. The summed E-state index contributed by atoms with van der Waals surface area (Å²) in [7, 11) is 3.01. The summed E-state index contributed by atoms with van der Waals surface area (Å²) in [4.78, 5) is 12.0. The Morgan fingerprint density at radius 1 is 1.05 bits per heavy atom. The number of methoxy groups -OCH3 is 2. The maximum atomic E-state index is 14.9. The van der Waals surface area contributed by atoms with Crippen LogP contribution in [0, 0.1) is 29.5 Å². The molecule has 0 aromatic heterocycles. The number of benzene rings is 3. The van der Waals surface area contributed by atoms with Crippen LogP contribution < -0.4 is 9.47 Å². The minimum atomic E-state index is -0.301. The van der Waals surface area contributed by atoms with E-state index in [9.17, 15) is 9.18 Å². The Labute approximate surface area is 231 Å². The van der Waals surface area contributed by atoms with E-state index in [2.05, 4.69) is 31.9 Å². The van der Waals surface area contributed by atoms with Crippen molar-refractivity contribution in [3.8, 4) is 35.0 Å². The van der Waals surface area contributed by atoms with Crippen molar-refractivity contribution in [1.29, 1.82) is 0 Å². The summed E-state index contributed by atoms with van der Waals surface area (Å²) in [6.07, 6.45) is 9.57. The van der Waals surface area contributed by atoms with Crippen molar-refractivity contribution in [2.75, 3.05) is 14.2 Å². The summed E-state index contributed by atoms with van der Waals surface area (Å²) >= 11 is 0. The Hall–Kier alpha value is -3.78. The van der Waals surface area contributed by atoms with Gasteiger partial charge in [0.15, 0.2) is 0 Å². The van der Waals surface area contributed by atoms with Crippen LogP contribution in [0.15, 0.2) is 60.7 Å². The predicted molar refractivity (Wildman–Crippen MR) is 152 cm³/mol. The second kappa shape index (κ2) is 12.4. The minimum Gasteiger partial charge on any atom is -0.497 e. The van der Waals surface area contributed by atoms with Gasteiger partial charge in [-0.15, -0.1) is 12.3 Å². The van der Waals surface area contributed by atoms with Gasteiger partial charge in [-0.2, -0.15) is 0 Å². The highest BCUT2D eigenvalue weighted by Gasteiger charge is 2.34. The lowest BCUT2D eigenvalue weighted by atomic mass is 9.80. The molecule has 5 heteroatoms. The molecule has 1 fully saturated rings. The normalized spacial score (nSPS) is 13.8. The van der Waals surface area contributed by atoms with Crippen LogP contribution in [0.25, 0.3) is 11.1 Å². The Kier molecular flexibility index (Phi) is 8.97. The first-order valence-electron chi connectivity index (χ1n) is 13.4. The van der Waals surface area contributed by atoms with Gasteiger partial charge in [0.25, 0.3) is 0 Å². The van der Waals surface area contributed by atoms with Gasteiger partial charge in [0, 0.05) is 12.0 Å². The van der Waals surface area contributed by atoms with Gasteiger partial charge >= 0.3 is 5.97 Å². The van der Waals surface area contributed by atoms with Crippen LogP contribution in [0.1, 0.15) is 62.1 Å². The van der Waals surface area contributed by atoms with Gasteiger partial charge in [0.2, 0.25) is 0 Å². The number of carbonyl (C=O) groups is 1. The zero-order valence-electron chi connectivity index (χ0n) is 23.3. The molecular formula is C34H37FO4. The van der Waals surface area contributed by atoms with Gasteiger partial charge < -0.3 is 14.2 Å². The predicted octanol–water partition coefficient (Wildman–Crippen LogP) is 7.73. The molecule has 0 amide bonds. The van der Waals surface area contributed by atoms with Crippen LogP contribution in [0.4, 0.5) is 4.39 Å². The molecule has 0 aliphatic heterocycles. The number of hydrogen-bond acceptors (Lipinski definition) is 4. The highest BCUT2D eigenvalue weighted by Crippen LogP contribution is 2.45. The average molecular weight is 529 g/mol. The van der Waals surface area contributed by atoms with E-state index in [-0.39, 0.29) is 23.1 Å². The van der Waals surface area contributed by atoms with E-state index >= 15 is 0 Å². The molecule has 4 nitrogen and oxygen atoms in total. The van der Waals surface area contributed by atoms with Crippen molar-refractivity contribution in [2.45, 2.75) is 58.5 Å². The molecule has 3 aromatic carbocycles. The summed E-state index contributed by atoms with van der Waals surface area (Å²) in [5.41, 5.74) is 4.23. The molecule has 0 bridgehead atoms. The third kappa shape index (κ3) is 7.41. The van der Waals surface area contributed by atoms with E-state index in [0.717, 1.165) is 40.8 Å². The number of halogens is 1. The molecule has 0 N–H and O–H groups in total. The summed E-state index contributed by atoms with van der Waals surface area (Å²) in [5.74, 6) is 4.29. The summed E-state index contributed by atoms with van der Waals surface area (Å²) < 4.78 is 31.4. The molecule has 0 radical (unpaired) electrons. The first-order valence-corrected chi connectivity index (χ1v) is 13.4. The van der Waals surface area contributed by atoms with Gasteiger partial charge in [0.05, 0.1) is 20.6 Å². The van der Waals surface area contributed by atoms with Crippen LogP contribution in [0.3, 0.4) is 0 Å². The first-order chi connectivity index (χ1) is 18.7. The standard InChI is InChI=1S/C34H37FO4/c1-6-16-34(2,3)21-26-17-23(10-14-29(26)31-19-27(37-4)13-15-32(31)35)22-39-28-9-7-8-25(18-28)30(24-11-12-24)20-33(36)38-5/h1,7-10,13-15,17-19,24,30H,11-12,16,20-22H2,2-5H3/t30-/m0/s1. The number of carbonyl (C=O) groups excluding carboxylic acids is 1. The molecule has 3 aromatic rings. The summed E-state index contributed by atoms with van der Waals surface area (Å²) in [5, 5.41) is 0. The Balaban J connectivity index is 1.59. The molecule has 1 atom stereocenters. The van der Waals surface area contributed by atoms with Crippen molar-refractivity contribution in [1.82, 2.24) is 0 Å². The van der Waals surface area contributed by atoms with Gasteiger partial charge in [-0.3, -0.25) is 4.79 Å². The third-order valence-electron chi connectivity index (χ3n) is 7.38. The minimum absolute atomic E-state index is 0.142. The Bertz CT molecular complexity index is 1350. The molecular weight excluding hydrogens is 491 g/mol. The molecule has 1 aliphatic carbocycles. The number of terminal acetylenes is 1. The van der Waals surface area contributed by atoms with E-state index in [1.165, 1.54) is 13.2 Å². The van der Waals surface area contributed by atoms with E-state index in [1.807, 2.05) is 30.3 Å². The summed E-state index contributed by atoms with van der Waals surface area (Å²) in [6, 6.07) is 18.8. The van der Waals surface area contributed by atoms with Gasteiger partial charge in [-0.25, -0.2) is 4.39 Å². The topological polar surface area (TPSA) is 44.8 Å². The fraction of sp³-hybridized carbons (Fsp3) is 0.382. The zero-order chi connectivity index (χ0) is 28.0. The molecule has 0 unspecified atom stereocenters. The van der Waals surface area contributed by atoms with E-state index < -0.39 is 0 Å². The van der Waals surface area contributed by atoms with Crippen molar-refractivity contribution in [2.24, 2.45) is 11.3 Å². The van der Waals surface area contributed by atoms with E-state index in [0.29, 0.717) is 43.1 Å². The smallest absolute Gasteiger partial charge is 0.306 e. The van der Waals surface area contributed by atoms with E-state index in [4.69, 9.17) is 20.6 Å². The maximum absolute atomic E-state index is 14.9. The van der Waals surface area contributed by atoms with Gasteiger partial charge in [0.1, 0.15) is 23.9 Å². The number of rotatable bonds is 12. The van der Waals surface area contributed by atoms with Crippen molar-refractivity contribution in [3.63, 3.8) is 0 Å². The molecule has 0 spiro atoms. The van der Waals surface area contributed by atoms with Gasteiger partial charge in [-0.1, -0.05) is 44.2 Å². The zero-order valence-corrected chi connectivity index (χ0v) is 23.3. The molecule has 1 aliphatic rings. The molecule has 1 saturated carbocycles. The first kappa shape index (κ1) is 28.2. The number of ether oxygens (including phenoxy) is 3. The highest BCUT2D eigenvalue weighted by atomic mass is 19.1. The fourth-order valence-electron chi connectivity index (χ4n) is 5.16. The highest BCUT2D eigenvalue weighted by molar-refractivity contribution is 5.71. The second-order valence-corrected chi connectivity index (χ2v) is 11.1. The number of hydrogen-bond donors (Lipinski definition) is 0. The monoisotopic (exact) mass is 528 g/mol. The van der Waals surface area contributed by atoms with Gasteiger partial charge in [-0.05, 0) is 89.1 Å². The van der Waals surface area contributed by atoms with E-state index in [1.54, 1.807) is 19.2 Å². The van der Waals surface area contributed by atoms with Crippen molar-refractivity contribution in [3.05, 3.63) is 83.2 Å². The molecule has 4 rings (SSSR count). The largest absolute Gasteiger partial charge is 0.497 e. The van der Waals surface area contributed by atoms with Crippen LogP contribution in [0.2, 0.25) is 0 Å². The Morgan fingerprint density at radius 3 is 2.54 bits per heavy atom. The molecule has 0 saturated heterocycles.